The monoisotopic (exact) mass is 191 g/mol. The Morgan fingerprint density at radius 1 is 1.08 bits per heavy atom. The van der Waals surface area contributed by atoms with Crippen molar-refractivity contribution in [1.29, 1.82) is 0 Å². The summed E-state index contributed by atoms with van der Waals surface area (Å²) in [5.74, 6) is 0. The summed E-state index contributed by atoms with van der Waals surface area (Å²) in [6, 6.07) is 7.70. The van der Waals surface area contributed by atoms with Crippen LogP contribution >= 0.6 is 0 Å². The molecule has 71 valence electrons. The van der Waals surface area contributed by atoms with Gasteiger partial charge in [-0.3, -0.25) is 0 Å². The van der Waals surface area contributed by atoms with Gasteiger partial charge in [-0.25, -0.2) is 4.39 Å². The number of hydrogen-bond donors (Lipinski definition) is 0. The van der Waals surface area contributed by atoms with Crippen LogP contribution in [0.4, 0.5) is 17.6 Å². The lowest BCUT2D eigenvalue weighted by Crippen LogP contribution is -2.18. The van der Waals surface area contributed by atoms with E-state index < -0.39 is 18.8 Å². The predicted octanol–water partition coefficient (Wildman–Crippen LogP) is 3.29. The molecule has 0 spiro atoms. The molecule has 0 fully saturated rings. The second-order valence-corrected chi connectivity index (χ2v) is 2.57. The molecule has 0 amide bonds. The van der Waals surface area contributed by atoms with Gasteiger partial charge in [0.25, 0.3) is 6.17 Å². The molecular weight excluding hydrogens is 184 g/mol. The largest absolute Gasteiger partial charge is 0.426 e. The first kappa shape index (κ1) is 10.0. The smallest absolute Gasteiger partial charge is 0.229 e. The Morgan fingerprint density at radius 2 is 1.62 bits per heavy atom. The topological polar surface area (TPSA) is 0 Å². The molecule has 1 rings (SSSR count). The van der Waals surface area contributed by atoms with Crippen molar-refractivity contribution in [3.8, 4) is 0 Å². The molecule has 0 aromatic heterocycles. The third-order valence-electron chi connectivity index (χ3n) is 1.51. The maximum absolute atomic E-state index is 12.4. The van der Waals surface area contributed by atoms with Crippen LogP contribution in [0.3, 0.4) is 0 Å². The third-order valence-corrected chi connectivity index (χ3v) is 1.51. The molecule has 0 nitrogen and oxygen atoms in total. The van der Waals surface area contributed by atoms with Gasteiger partial charge in [-0.2, -0.15) is 13.2 Å². The summed E-state index contributed by atoms with van der Waals surface area (Å²) in [5.41, 5.74) is 0.317. The summed E-state index contributed by atoms with van der Waals surface area (Å²) < 4.78 is 47.6. The minimum atomic E-state index is -4.84. The van der Waals surface area contributed by atoms with Gasteiger partial charge in [0.2, 0.25) is 0 Å². The van der Waals surface area contributed by atoms with Gasteiger partial charge in [0, 0.05) is 6.42 Å². The highest BCUT2D eigenvalue weighted by Crippen LogP contribution is 2.31. The highest BCUT2D eigenvalue weighted by atomic mass is 19.4. The van der Waals surface area contributed by atoms with Gasteiger partial charge in [-0.05, 0) is 5.56 Å². The second-order valence-electron chi connectivity index (χ2n) is 2.57. The van der Waals surface area contributed by atoms with E-state index in [9.17, 15) is 17.6 Å². The SMILES string of the molecule is F[C](Cc1ccccc1)C(F)(F)F. The fraction of sp³-hybridized carbons (Fsp3) is 0.222. The molecule has 0 aliphatic carbocycles. The van der Waals surface area contributed by atoms with Gasteiger partial charge in [0.05, 0.1) is 0 Å². The van der Waals surface area contributed by atoms with Crippen LogP contribution in [-0.4, -0.2) is 6.18 Å². The van der Waals surface area contributed by atoms with E-state index in [-0.39, 0.29) is 0 Å². The van der Waals surface area contributed by atoms with E-state index in [4.69, 9.17) is 0 Å². The Bertz CT molecular complexity index is 252. The maximum Gasteiger partial charge on any atom is 0.426 e. The quantitative estimate of drug-likeness (QED) is 0.629. The Kier molecular flexibility index (Phi) is 2.90. The van der Waals surface area contributed by atoms with Gasteiger partial charge in [-0.1, -0.05) is 30.3 Å². The van der Waals surface area contributed by atoms with Crippen molar-refractivity contribution >= 4 is 0 Å². The Morgan fingerprint density at radius 3 is 2.08 bits per heavy atom. The summed E-state index contributed by atoms with van der Waals surface area (Å²) in [7, 11) is 0. The summed E-state index contributed by atoms with van der Waals surface area (Å²) >= 11 is 0. The van der Waals surface area contributed by atoms with Crippen LogP contribution in [0.15, 0.2) is 30.3 Å². The van der Waals surface area contributed by atoms with E-state index >= 15 is 0 Å². The minimum absolute atomic E-state index is 0.317. The Balaban J connectivity index is 2.61. The summed E-state index contributed by atoms with van der Waals surface area (Å²) in [5, 5.41) is 0. The zero-order chi connectivity index (χ0) is 9.90. The molecule has 4 heteroatoms. The molecule has 0 heterocycles. The fourth-order valence-corrected chi connectivity index (χ4v) is 0.875. The van der Waals surface area contributed by atoms with E-state index in [0.29, 0.717) is 5.56 Å². The molecule has 0 bridgehead atoms. The van der Waals surface area contributed by atoms with Gasteiger partial charge < -0.3 is 0 Å². The molecule has 0 saturated carbocycles. The van der Waals surface area contributed by atoms with E-state index in [2.05, 4.69) is 0 Å². The molecule has 0 aliphatic rings. The van der Waals surface area contributed by atoms with Crippen molar-refractivity contribution in [2.75, 3.05) is 0 Å². The maximum atomic E-state index is 12.4. The standard InChI is InChI=1S/C9H7F4/c10-8(9(11,12)13)6-7-4-2-1-3-5-7/h1-5H,6H2. The van der Waals surface area contributed by atoms with Gasteiger partial charge in [0.15, 0.2) is 0 Å². The first-order valence-corrected chi connectivity index (χ1v) is 3.62. The molecular formula is C9H7F4. The average molecular weight is 191 g/mol. The van der Waals surface area contributed by atoms with Crippen LogP contribution in [0.1, 0.15) is 5.56 Å². The summed E-state index contributed by atoms with van der Waals surface area (Å²) in [6.45, 7) is 0. The van der Waals surface area contributed by atoms with Gasteiger partial charge in [-0.15, -0.1) is 0 Å². The molecule has 13 heavy (non-hydrogen) atoms. The lowest BCUT2D eigenvalue weighted by Gasteiger charge is -2.10. The lowest BCUT2D eigenvalue weighted by atomic mass is 10.1. The third kappa shape index (κ3) is 3.05. The van der Waals surface area contributed by atoms with Crippen molar-refractivity contribution in [2.45, 2.75) is 12.6 Å². The number of hydrogen-bond acceptors (Lipinski definition) is 0. The molecule has 0 aliphatic heterocycles. The second kappa shape index (κ2) is 3.77. The molecule has 1 aromatic rings. The van der Waals surface area contributed by atoms with Gasteiger partial charge >= 0.3 is 6.18 Å². The van der Waals surface area contributed by atoms with Crippen LogP contribution in [0.5, 0.6) is 0 Å². The van der Waals surface area contributed by atoms with Crippen LogP contribution in [0, 0.1) is 6.17 Å². The molecule has 1 radical (unpaired) electrons. The number of rotatable bonds is 2. The predicted molar refractivity (Wildman–Crippen MR) is 40.6 cm³/mol. The van der Waals surface area contributed by atoms with Crippen molar-refractivity contribution in [1.82, 2.24) is 0 Å². The zero-order valence-electron chi connectivity index (χ0n) is 6.61. The normalized spacial score (nSPS) is 12.1. The van der Waals surface area contributed by atoms with E-state index in [1.54, 1.807) is 18.2 Å². The van der Waals surface area contributed by atoms with Crippen LogP contribution in [-0.2, 0) is 6.42 Å². The molecule has 0 unspecified atom stereocenters. The van der Waals surface area contributed by atoms with Gasteiger partial charge in [0.1, 0.15) is 0 Å². The Hall–Kier alpha value is -1.06. The van der Waals surface area contributed by atoms with Crippen molar-refractivity contribution < 1.29 is 17.6 Å². The number of benzene rings is 1. The first-order chi connectivity index (χ1) is 6.00. The number of halogens is 4. The Labute approximate surface area is 73.2 Å². The van der Waals surface area contributed by atoms with Crippen LogP contribution in [0.25, 0.3) is 0 Å². The van der Waals surface area contributed by atoms with E-state index in [1.165, 1.54) is 12.1 Å². The summed E-state index contributed by atoms with van der Waals surface area (Å²) in [4.78, 5) is 0. The van der Waals surface area contributed by atoms with E-state index in [1.807, 2.05) is 0 Å². The highest BCUT2D eigenvalue weighted by molar-refractivity contribution is 5.18. The van der Waals surface area contributed by atoms with Crippen molar-refractivity contribution in [3.63, 3.8) is 0 Å². The van der Waals surface area contributed by atoms with Crippen LogP contribution < -0.4 is 0 Å². The number of alkyl halides is 3. The van der Waals surface area contributed by atoms with Crippen molar-refractivity contribution in [3.05, 3.63) is 42.1 Å². The minimum Gasteiger partial charge on any atom is -0.229 e. The molecule has 0 atom stereocenters. The zero-order valence-corrected chi connectivity index (χ0v) is 6.61. The highest BCUT2D eigenvalue weighted by Gasteiger charge is 2.41. The van der Waals surface area contributed by atoms with E-state index in [0.717, 1.165) is 0 Å². The molecule has 1 aromatic carbocycles. The summed E-state index contributed by atoms with van der Waals surface area (Å²) in [6.07, 6.45) is -7.49. The fourth-order valence-electron chi connectivity index (χ4n) is 0.875. The van der Waals surface area contributed by atoms with Crippen molar-refractivity contribution in [2.24, 2.45) is 0 Å². The first-order valence-electron chi connectivity index (χ1n) is 3.62. The average Bonchev–Trinajstić information content (AvgIpc) is 2.04. The molecule has 0 N–H and O–H groups in total. The lowest BCUT2D eigenvalue weighted by molar-refractivity contribution is -0.138. The van der Waals surface area contributed by atoms with Crippen LogP contribution in [0.2, 0.25) is 0 Å². The molecule has 0 saturated heterocycles.